The Morgan fingerprint density at radius 2 is 1.97 bits per heavy atom. The third kappa shape index (κ3) is 6.11. The van der Waals surface area contributed by atoms with E-state index in [0.29, 0.717) is 19.7 Å². The molecule has 2 aromatic carbocycles. The van der Waals surface area contributed by atoms with Gasteiger partial charge in [-0.1, -0.05) is 36.4 Å². The van der Waals surface area contributed by atoms with E-state index in [9.17, 15) is 0 Å². The number of benzene rings is 2. The van der Waals surface area contributed by atoms with Gasteiger partial charge in [0.25, 0.3) is 0 Å². The molecule has 3 aromatic rings. The van der Waals surface area contributed by atoms with Gasteiger partial charge in [-0.05, 0) is 29.7 Å². The Bertz CT molecular complexity index is 1010. The van der Waals surface area contributed by atoms with Crippen LogP contribution in [0.1, 0.15) is 28.7 Å². The molecule has 0 radical (unpaired) electrons. The van der Waals surface area contributed by atoms with E-state index >= 15 is 0 Å². The van der Waals surface area contributed by atoms with Gasteiger partial charge < -0.3 is 24.7 Å². The Kier molecular flexibility index (Phi) is 7.40. The maximum atomic E-state index is 6.20. The standard InChI is InChI=1S/C25H31N5O2/c1-19-3-8-22(24(13-19)32-23-9-12-31-17-23)15-29-25(26-2)28-14-20-4-6-21(7-5-20)16-30-11-10-27-18-30/h3-8,10-11,13,18,23H,9,12,14-17H2,1-2H3,(H2,26,28,29). The number of guanidine groups is 1. The third-order valence-corrected chi connectivity index (χ3v) is 5.48. The Labute approximate surface area is 189 Å². The molecule has 1 aliphatic heterocycles. The van der Waals surface area contributed by atoms with Gasteiger partial charge in [0.2, 0.25) is 0 Å². The van der Waals surface area contributed by atoms with Crippen molar-refractivity contribution in [1.29, 1.82) is 0 Å². The predicted octanol–water partition coefficient (Wildman–Crippen LogP) is 3.27. The average Bonchev–Trinajstić information content (AvgIpc) is 3.50. The van der Waals surface area contributed by atoms with Crippen LogP contribution < -0.4 is 15.4 Å². The first-order valence-electron chi connectivity index (χ1n) is 11.0. The van der Waals surface area contributed by atoms with Crippen LogP contribution in [-0.4, -0.2) is 41.9 Å². The number of hydrogen-bond donors (Lipinski definition) is 2. The first-order valence-corrected chi connectivity index (χ1v) is 11.0. The molecule has 0 saturated carbocycles. The van der Waals surface area contributed by atoms with Gasteiger partial charge >= 0.3 is 0 Å². The van der Waals surface area contributed by atoms with Crippen molar-refractivity contribution in [3.8, 4) is 5.75 Å². The first kappa shape index (κ1) is 21.9. The van der Waals surface area contributed by atoms with Gasteiger partial charge in [0, 0.05) is 51.1 Å². The number of aliphatic imine (C=N–C) groups is 1. The number of ether oxygens (including phenoxy) is 2. The SMILES string of the molecule is CN=C(NCc1ccc(Cn2ccnc2)cc1)NCc1ccc(C)cc1OC1CCOC1. The molecule has 32 heavy (non-hydrogen) atoms. The minimum atomic E-state index is 0.129. The molecular formula is C25H31N5O2. The molecule has 2 heterocycles. The molecule has 168 valence electrons. The van der Waals surface area contributed by atoms with Crippen LogP contribution in [0.2, 0.25) is 0 Å². The van der Waals surface area contributed by atoms with E-state index in [1.807, 2.05) is 12.5 Å². The van der Waals surface area contributed by atoms with Crippen LogP contribution in [0.5, 0.6) is 5.75 Å². The summed E-state index contributed by atoms with van der Waals surface area (Å²) in [6.07, 6.45) is 6.66. The Hall–Kier alpha value is -3.32. The largest absolute Gasteiger partial charge is 0.488 e. The lowest BCUT2D eigenvalue weighted by Crippen LogP contribution is -2.36. The number of aryl methyl sites for hydroxylation is 1. The van der Waals surface area contributed by atoms with Gasteiger partial charge in [-0.3, -0.25) is 4.99 Å². The normalized spacial score (nSPS) is 16.2. The highest BCUT2D eigenvalue weighted by atomic mass is 16.5. The molecule has 2 N–H and O–H groups in total. The van der Waals surface area contributed by atoms with E-state index in [-0.39, 0.29) is 6.10 Å². The molecule has 0 amide bonds. The Balaban J connectivity index is 1.29. The smallest absolute Gasteiger partial charge is 0.191 e. The molecule has 1 saturated heterocycles. The second kappa shape index (κ2) is 10.8. The van der Waals surface area contributed by atoms with Crippen LogP contribution in [0.4, 0.5) is 0 Å². The summed E-state index contributed by atoms with van der Waals surface area (Å²) in [7, 11) is 1.78. The molecular weight excluding hydrogens is 402 g/mol. The van der Waals surface area contributed by atoms with Crippen molar-refractivity contribution in [2.45, 2.75) is 39.1 Å². The van der Waals surface area contributed by atoms with E-state index in [4.69, 9.17) is 9.47 Å². The summed E-state index contributed by atoms with van der Waals surface area (Å²) in [6.45, 7) is 5.66. The zero-order valence-electron chi connectivity index (χ0n) is 18.8. The summed E-state index contributed by atoms with van der Waals surface area (Å²) in [6, 6.07) is 14.9. The van der Waals surface area contributed by atoms with Crippen LogP contribution >= 0.6 is 0 Å². The lowest BCUT2D eigenvalue weighted by Gasteiger charge is -2.18. The molecule has 0 aliphatic carbocycles. The molecule has 4 rings (SSSR count). The predicted molar refractivity (Wildman–Crippen MR) is 126 cm³/mol. The van der Waals surface area contributed by atoms with Crippen molar-refractivity contribution in [2.75, 3.05) is 20.3 Å². The highest BCUT2D eigenvalue weighted by Crippen LogP contribution is 2.23. The summed E-state index contributed by atoms with van der Waals surface area (Å²) in [5, 5.41) is 6.79. The number of hydrogen-bond acceptors (Lipinski definition) is 4. The maximum absolute atomic E-state index is 6.20. The second-order valence-corrected chi connectivity index (χ2v) is 8.05. The van der Waals surface area contributed by atoms with Gasteiger partial charge in [-0.25, -0.2) is 4.98 Å². The molecule has 1 aromatic heterocycles. The van der Waals surface area contributed by atoms with Crippen molar-refractivity contribution in [1.82, 2.24) is 20.2 Å². The lowest BCUT2D eigenvalue weighted by molar-refractivity contribution is 0.140. The van der Waals surface area contributed by atoms with Gasteiger partial charge in [-0.2, -0.15) is 0 Å². The van der Waals surface area contributed by atoms with Gasteiger partial charge in [0.05, 0.1) is 19.5 Å². The number of nitrogens with one attached hydrogen (secondary N) is 2. The topological polar surface area (TPSA) is 72.7 Å². The monoisotopic (exact) mass is 433 g/mol. The highest BCUT2D eigenvalue weighted by Gasteiger charge is 2.18. The fourth-order valence-electron chi connectivity index (χ4n) is 3.64. The fourth-order valence-corrected chi connectivity index (χ4v) is 3.64. The number of nitrogens with zero attached hydrogens (tertiary/aromatic N) is 3. The van der Waals surface area contributed by atoms with Gasteiger partial charge in [0.15, 0.2) is 5.96 Å². The van der Waals surface area contributed by atoms with Crippen LogP contribution in [0, 0.1) is 6.92 Å². The zero-order chi connectivity index (χ0) is 22.2. The van der Waals surface area contributed by atoms with E-state index in [2.05, 4.69) is 74.6 Å². The van der Waals surface area contributed by atoms with Crippen molar-refractivity contribution < 1.29 is 9.47 Å². The Morgan fingerprint density at radius 3 is 2.69 bits per heavy atom. The molecule has 1 atom stereocenters. The summed E-state index contributed by atoms with van der Waals surface area (Å²) in [4.78, 5) is 8.45. The first-order chi connectivity index (χ1) is 15.7. The fraction of sp³-hybridized carbons (Fsp3) is 0.360. The Morgan fingerprint density at radius 1 is 1.16 bits per heavy atom. The minimum absolute atomic E-state index is 0.129. The van der Waals surface area contributed by atoms with Crippen LogP contribution in [-0.2, 0) is 24.4 Å². The van der Waals surface area contributed by atoms with Gasteiger partial charge in [-0.15, -0.1) is 0 Å². The molecule has 7 nitrogen and oxygen atoms in total. The molecule has 1 unspecified atom stereocenters. The highest BCUT2D eigenvalue weighted by molar-refractivity contribution is 5.79. The maximum Gasteiger partial charge on any atom is 0.191 e. The van der Waals surface area contributed by atoms with Crippen molar-refractivity contribution in [2.24, 2.45) is 4.99 Å². The van der Waals surface area contributed by atoms with Crippen LogP contribution in [0.3, 0.4) is 0 Å². The minimum Gasteiger partial charge on any atom is -0.488 e. The van der Waals surface area contributed by atoms with Crippen molar-refractivity contribution in [3.63, 3.8) is 0 Å². The summed E-state index contributed by atoms with van der Waals surface area (Å²) < 4.78 is 13.7. The zero-order valence-corrected chi connectivity index (χ0v) is 18.8. The van der Waals surface area contributed by atoms with E-state index in [1.54, 1.807) is 13.2 Å². The van der Waals surface area contributed by atoms with Crippen LogP contribution in [0.25, 0.3) is 0 Å². The molecule has 0 bridgehead atoms. The van der Waals surface area contributed by atoms with Crippen molar-refractivity contribution >= 4 is 5.96 Å². The van der Waals surface area contributed by atoms with E-state index in [0.717, 1.165) is 36.8 Å². The molecule has 1 fully saturated rings. The molecule has 0 spiro atoms. The number of imidazole rings is 1. The van der Waals surface area contributed by atoms with Crippen molar-refractivity contribution in [3.05, 3.63) is 83.4 Å². The quantitative estimate of drug-likeness (QED) is 0.421. The second-order valence-electron chi connectivity index (χ2n) is 8.05. The summed E-state index contributed by atoms with van der Waals surface area (Å²) in [5.41, 5.74) is 4.73. The number of rotatable bonds is 8. The van der Waals surface area contributed by atoms with E-state index < -0.39 is 0 Å². The molecule has 7 heteroatoms. The molecule has 1 aliphatic rings. The number of aromatic nitrogens is 2. The van der Waals surface area contributed by atoms with Gasteiger partial charge in [0.1, 0.15) is 11.9 Å². The van der Waals surface area contributed by atoms with Crippen LogP contribution in [0.15, 0.2) is 66.2 Å². The summed E-state index contributed by atoms with van der Waals surface area (Å²) in [5.74, 6) is 1.67. The van der Waals surface area contributed by atoms with E-state index in [1.165, 1.54) is 16.7 Å². The third-order valence-electron chi connectivity index (χ3n) is 5.48. The average molecular weight is 434 g/mol. The summed E-state index contributed by atoms with van der Waals surface area (Å²) >= 11 is 0. The lowest BCUT2D eigenvalue weighted by atomic mass is 10.1.